The van der Waals surface area contributed by atoms with Crippen LogP contribution in [-0.4, -0.2) is 24.0 Å². The highest BCUT2D eigenvalue weighted by molar-refractivity contribution is 6.31. The zero-order chi connectivity index (χ0) is 13.0. The number of carbonyl (C=O) groups is 2. The molecule has 0 spiro atoms. The van der Waals surface area contributed by atoms with Gasteiger partial charge in [0.1, 0.15) is 11.1 Å². The zero-order valence-corrected chi connectivity index (χ0v) is 10.3. The second-order valence-corrected chi connectivity index (χ2v) is 4.01. The van der Waals surface area contributed by atoms with E-state index >= 15 is 0 Å². The Morgan fingerprint density at radius 1 is 1.47 bits per heavy atom. The maximum atomic E-state index is 11.3. The number of carboxylic acid groups (broad SMARTS) is 1. The van der Waals surface area contributed by atoms with Gasteiger partial charge in [0.25, 0.3) is 0 Å². The number of hydrogen-bond donors (Lipinski definition) is 1. The van der Waals surface area contributed by atoms with Gasteiger partial charge in [-0.2, -0.15) is 0 Å². The van der Waals surface area contributed by atoms with Crippen LogP contribution in [0, 0.1) is 0 Å². The molecular formula is C12H13ClO4. The van der Waals surface area contributed by atoms with Gasteiger partial charge in [-0.05, 0) is 18.6 Å². The maximum absolute atomic E-state index is 11.3. The van der Waals surface area contributed by atoms with Gasteiger partial charge in [0.2, 0.25) is 0 Å². The standard InChI is InChI=1S/C12H13ClO4/c1-7(14)12(13)11-8(6-10(15)16)4-3-5-9(11)17-2/h3-5,12H,6H2,1-2H3,(H,15,16). The molecule has 0 amide bonds. The number of alkyl halides is 1. The molecule has 1 aromatic rings. The summed E-state index contributed by atoms with van der Waals surface area (Å²) in [6.07, 6.45) is -0.191. The fourth-order valence-electron chi connectivity index (χ4n) is 1.58. The van der Waals surface area contributed by atoms with Gasteiger partial charge in [-0.25, -0.2) is 0 Å². The highest BCUT2D eigenvalue weighted by Gasteiger charge is 2.22. The number of benzene rings is 1. The summed E-state index contributed by atoms with van der Waals surface area (Å²) < 4.78 is 5.11. The molecule has 0 bridgehead atoms. The van der Waals surface area contributed by atoms with Crippen molar-refractivity contribution in [1.82, 2.24) is 0 Å². The molecule has 0 heterocycles. The first-order chi connectivity index (χ1) is 7.97. The number of hydrogen-bond acceptors (Lipinski definition) is 3. The highest BCUT2D eigenvalue weighted by atomic mass is 35.5. The Kier molecular flexibility index (Phi) is 4.52. The van der Waals surface area contributed by atoms with Gasteiger partial charge in [-0.1, -0.05) is 12.1 Å². The summed E-state index contributed by atoms with van der Waals surface area (Å²) in [6.45, 7) is 1.36. The van der Waals surface area contributed by atoms with Crippen molar-refractivity contribution in [2.24, 2.45) is 0 Å². The third kappa shape index (κ3) is 3.20. The number of ether oxygens (including phenoxy) is 1. The lowest BCUT2D eigenvalue weighted by Gasteiger charge is -2.15. The van der Waals surface area contributed by atoms with Gasteiger partial charge in [-0.15, -0.1) is 11.6 Å². The van der Waals surface area contributed by atoms with E-state index in [0.717, 1.165) is 0 Å². The molecule has 1 unspecified atom stereocenters. The average Bonchev–Trinajstić information content (AvgIpc) is 2.26. The molecule has 1 aromatic carbocycles. The summed E-state index contributed by atoms with van der Waals surface area (Å²) in [4.78, 5) is 22.1. The predicted molar refractivity (Wildman–Crippen MR) is 63.6 cm³/mol. The Hall–Kier alpha value is -1.55. The summed E-state index contributed by atoms with van der Waals surface area (Å²) in [5.74, 6) is -0.798. The number of rotatable bonds is 5. The summed E-state index contributed by atoms with van der Waals surface area (Å²) in [6, 6.07) is 4.95. The van der Waals surface area contributed by atoms with E-state index in [-0.39, 0.29) is 12.2 Å². The molecule has 1 rings (SSSR count). The topological polar surface area (TPSA) is 63.6 Å². The first-order valence-corrected chi connectivity index (χ1v) is 5.43. The van der Waals surface area contributed by atoms with Crippen LogP contribution in [0.1, 0.15) is 23.4 Å². The molecule has 92 valence electrons. The van der Waals surface area contributed by atoms with Crippen LogP contribution < -0.4 is 4.74 Å². The van der Waals surface area contributed by atoms with E-state index < -0.39 is 11.3 Å². The van der Waals surface area contributed by atoms with Crippen molar-refractivity contribution in [3.8, 4) is 5.75 Å². The van der Waals surface area contributed by atoms with Crippen LogP contribution in [0.15, 0.2) is 18.2 Å². The Bertz CT molecular complexity index is 442. The van der Waals surface area contributed by atoms with Crippen LogP contribution in [0.3, 0.4) is 0 Å². The quantitative estimate of drug-likeness (QED) is 0.821. The summed E-state index contributed by atoms with van der Waals surface area (Å²) in [5.41, 5.74) is 0.929. The van der Waals surface area contributed by atoms with Crippen LogP contribution in [-0.2, 0) is 16.0 Å². The molecule has 1 atom stereocenters. The van der Waals surface area contributed by atoms with Crippen LogP contribution >= 0.6 is 11.6 Å². The predicted octanol–water partition coefficient (Wildman–Crippen LogP) is 2.19. The van der Waals surface area contributed by atoms with E-state index in [1.54, 1.807) is 18.2 Å². The molecule has 0 radical (unpaired) electrons. The van der Waals surface area contributed by atoms with Gasteiger partial charge in [0, 0.05) is 5.56 Å². The van der Waals surface area contributed by atoms with Crippen molar-refractivity contribution >= 4 is 23.4 Å². The molecular weight excluding hydrogens is 244 g/mol. The Balaban J connectivity index is 3.29. The minimum Gasteiger partial charge on any atom is -0.496 e. The molecule has 0 aliphatic rings. The largest absolute Gasteiger partial charge is 0.496 e. The molecule has 0 aliphatic heterocycles. The van der Waals surface area contributed by atoms with E-state index in [4.69, 9.17) is 21.4 Å². The monoisotopic (exact) mass is 256 g/mol. The van der Waals surface area contributed by atoms with Gasteiger partial charge in [0.05, 0.1) is 13.5 Å². The number of carboxylic acids is 1. The van der Waals surface area contributed by atoms with Crippen LogP contribution in [0.5, 0.6) is 5.75 Å². The van der Waals surface area contributed by atoms with Crippen molar-refractivity contribution in [2.75, 3.05) is 7.11 Å². The van der Waals surface area contributed by atoms with Crippen molar-refractivity contribution in [2.45, 2.75) is 18.7 Å². The smallest absolute Gasteiger partial charge is 0.307 e. The van der Waals surface area contributed by atoms with Crippen molar-refractivity contribution in [3.05, 3.63) is 29.3 Å². The normalized spacial score (nSPS) is 11.9. The molecule has 4 nitrogen and oxygen atoms in total. The van der Waals surface area contributed by atoms with Crippen molar-refractivity contribution in [1.29, 1.82) is 0 Å². The Labute approximate surface area is 104 Å². The molecule has 0 saturated carbocycles. The van der Waals surface area contributed by atoms with Gasteiger partial charge < -0.3 is 9.84 Å². The van der Waals surface area contributed by atoms with Crippen LogP contribution in [0.25, 0.3) is 0 Å². The lowest BCUT2D eigenvalue weighted by atomic mass is 9.98. The minimum atomic E-state index is -0.980. The Morgan fingerprint density at radius 2 is 2.12 bits per heavy atom. The van der Waals surface area contributed by atoms with Gasteiger partial charge in [0.15, 0.2) is 5.78 Å². The van der Waals surface area contributed by atoms with E-state index in [1.807, 2.05) is 0 Å². The molecule has 0 saturated heterocycles. The van der Waals surface area contributed by atoms with Crippen molar-refractivity contribution in [3.63, 3.8) is 0 Å². The highest BCUT2D eigenvalue weighted by Crippen LogP contribution is 2.33. The first kappa shape index (κ1) is 13.5. The summed E-state index contributed by atoms with van der Waals surface area (Å²) in [7, 11) is 1.45. The maximum Gasteiger partial charge on any atom is 0.307 e. The first-order valence-electron chi connectivity index (χ1n) is 4.99. The summed E-state index contributed by atoms with van der Waals surface area (Å²) in [5, 5.41) is 7.92. The summed E-state index contributed by atoms with van der Waals surface area (Å²) >= 11 is 5.99. The molecule has 5 heteroatoms. The third-order valence-electron chi connectivity index (χ3n) is 2.33. The number of aliphatic carboxylic acids is 1. The van der Waals surface area contributed by atoms with Crippen LogP contribution in [0.4, 0.5) is 0 Å². The second kappa shape index (κ2) is 5.68. The number of methoxy groups -OCH3 is 1. The Morgan fingerprint density at radius 3 is 2.59 bits per heavy atom. The third-order valence-corrected chi connectivity index (χ3v) is 2.85. The fourth-order valence-corrected chi connectivity index (χ4v) is 1.82. The number of Topliss-reactive ketones (excluding diaryl/α,β-unsaturated/α-hetero) is 1. The van der Waals surface area contributed by atoms with Crippen LogP contribution in [0.2, 0.25) is 0 Å². The fraction of sp³-hybridized carbons (Fsp3) is 0.333. The lowest BCUT2D eigenvalue weighted by molar-refractivity contribution is -0.136. The van der Waals surface area contributed by atoms with E-state index in [0.29, 0.717) is 16.9 Å². The molecule has 0 aliphatic carbocycles. The number of carbonyl (C=O) groups excluding carboxylic acids is 1. The zero-order valence-electron chi connectivity index (χ0n) is 9.57. The average molecular weight is 257 g/mol. The van der Waals surface area contributed by atoms with Gasteiger partial charge >= 0.3 is 5.97 Å². The lowest BCUT2D eigenvalue weighted by Crippen LogP contribution is -2.10. The minimum absolute atomic E-state index is 0.191. The molecule has 0 fully saturated rings. The molecule has 0 aromatic heterocycles. The number of halogens is 1. The number of ketones is 1. The van der Waals surface area contributed by atoms with E-state index in [1.165, 1.54) is 14.0 Å². The SMILES string of the molecule is COc1cccc(CC(=O)O)c1C(Cl)C(C)=O. The van der Waals surface area contributed by atoms with E-state index in [2.05, 4.69) is 0 Å². The molecule has 1 N–H and O–H groups in total. The van der Waals surface area contributed by atoms with Gasteiger partial charge in [-0.3, -0.25) is 9.59 Å². The molecule has 17 heavy (non-hydrogen) atoms. The second-order valence-electron chi connectivity index (χ2n) is 3.58. The van der Waals surface area contributed by atoms with Crippen molar-refractivity contribution < 1.29 is 19.4 Å². The van der Waals surface area contributed by atoms with E-state index in [9.17, 15) is 9.59 Å².